The van der Waals surface area contributed by atoms with E-state index in [1.165, 1.54) is 0 Å². The fourth-order valence-corrected chi connectivity index (χ4v) is 2.84. The molecule has 0 fully saturated rings. The molecule has 106 valence electrons. The van der Waals surface area contributed by atoms with Gasteiger partial charge >= 0.3 is 0 Å². The van der Waals surface area contributed by atoms with Crippen molar-refractivity contribution < 1.29 is 0 Å². The van der Waals surface area contributed by atoms with Crippen molar-refractivity contribution in [2.75, 3.05) is 0 Å². The number of hydrogen-bond donors (Lipinski definition) is 1. The second-order valence-electron chi connectivity index (χ2n) is 5.01. The summed E-state index contributed by atoms with van der Waals surface area (Å²) in [5.74, 6) is 0. The van der Waals surface area contributed by atoms with E-state index in [4.69, 9.17) is 33.9 Å². The predicted molar refractivity (Wildman–Crippen MR) is 89.8 cm³/mol. The quantitative estimate of drug-likeness (QED) is 0.703. The van der Waals surface area contributed by atoms with Gasteiger partial charge in [0.2, 0.25) is 0 Å². The molecule has 4 heteroatoms. The third kappa shape index (κ3) is 2.62. The second-order valence-corrected chi connectivity index (χ2v) is 5.82. The van der Waals surface area contributed by atoms with Gasteiger partial charge in [-0.05, 0) is 30.7 Å². The summed E-state index contributed by atoms with van der Waals surface area (Å²) in [4.78, 5) is 4.73. The van der Waals surface area contributed by atoms with Gasteiger partial charge in [0.15, 0.2) is 0 Å². The van der Waals surface area contributed by atoms with Crippen molar-refractivity contribution in [2.45, 2.75) is 13.0 Å². The van der Waals surface area contributed by atoms with Gasteiger partial charge in [0.25, 0.3) is 0 Å². The molecule has 0 radical (unpaired) electrons. The van der Waals surface area contributed by atoms with Gasteiger partial charge in [0.05, 0.1) is 16.2 Å². The molecule has 1 unspecified atom stereocenters. The molecular weight excluding hydrogens is 303 g/mol. The lowest BCUT2D eigenvalue weighted by Crippen LogP contribution is -2.08. The Balaban J connectivity index is 2.37. The van der Waals surface area contributed by atoms with Crippen LogP contribution in [0.25, 0.3) is 22.2 Å². The average Bonchev–Trinajstić information content (AvgIpc) is 2.47. The summed E-state index contributed by atoms with van der Waals surface area (Å²) in [6.45, 7) is 1.94. The van der Waals surface area contributed by atoms with Crippen molar-refractivity contribution in [3.63, 3.8) is 0 Å². The standard InChI is InChI=1S/C17H14Cl2N2/c1-10(20)13-9-11-5-4-8-15(19)16(11)21-17(13)12-6-2-3-7-14(12)18/h2-10H,20H2,1H3. The summed E-state index contributed by atoms with van der Waals surface area (Å²) in [5.41, 5.74) is 9.49. The van der Waals surface area contributed by atoms with Crippen LogP contribution in [0.15, 0.2) is 48.5 Å². The lowest BCUT2D eigenvalue weighted by atomic mass is 9.99. The highest BCUT2D eigenvalue weighted by molar-refractivity contribution is 6.35. The molecule has 2 nitrogen and oxygen atoms in total. The highest BCUT2D eigenvalue weighted by Crippen LogP contribution is 2.34. The molecule has 2 N–H and O–H groups in total. The van der Waals surface area contributed by atoms with Crippen molar-refractivity contribution >= 4 is 34.1 Å². The maximum atomic E-state index is 6.31. The molecule has 2 aromatic carbocycles. The fraction of sp³-hybridized carbons (Fsp3) is 0.118. The smallest absolute Gasteiger partial charge is 0.0895 e. The molecule has 0 spiro atoms. The molecule has 0 saturated carbocycles. The summed E-state index contributed by atoms with van der Waals surface area (Å²) < 4.78 is 0. The number of benzene rings is 2. The first-order valence-electron chi connectivity index (χ1n) is 6.67. The zero-order chi connectivity index (χ0) is 15.0. The Morgan fingerprint density at radius 3 is 2.43 bits per heavy atom. The van der Waals surface area contributed by atoms with Crippen molar-refractivity contribution in [2.24, 2.45) is 5.73 Å². The first-order valence-corrected chi connectivity index (χ1v) is 7.43. The number of nitrogens with two attached hydrogens (primary N) is 1. The fourth-order valence-electron chi connectivity index (χ4n) is 2.39. The van der Waals surface area contributed by atoms with Crippen LogP contribution < -0.4 is 5.73 Å². The molecular formula is C17H14Cl2N2. The van der Waals surface area contributed by atoms with Crippen LogP contribution in [0.5, 0.6) is 0 Å². The number of rotatable bonds is 2. The van der Waals surface area contributed by atoms with E-state index in [0.29, 0.717) is 10.0 Å². The number of hydrogen-bond acceptors (Lipinski definition) is 2. The molecule has 3 aromatic rings. The van der Waals surface area contributed by atoms with Gasteiger partial charge in [0, 0.05) is 22.0 Å². The summed E-state index contributed by atoms with van der Waals surface area (Å²) in [6, 6.07) is 15.2. The lowest BCUT2D eigenvalue weighted by Gasteiger charge is -2.15. The van der Waals surface area contributed by atoms with E-state index in [1.807, 2.05) is 55.5 Å². The minimum atomic E-state index is -0.146. The third-order valence-corrected chi connectivity index (χ3v) is 4.08. The Morgan fingerprint density at radius 2 is 1.71 bits per heavy atom. The van der Waals surface area contributed by atoms with Crippen LogP contribution in [-0.4, -0.2) is 4.98 Å². The Morgan fingerprint density at radius 1 is 1.00 bits per heavy atom. The van der Waals surface area contributed by atoms with Gasteiger partial charge in [-0.15, -0.1) is 0 Å². The number of para-hydroxylation sites is 1. The van der Waals surface area contributed by atoms with Crippen LogP contribution >= 0.6 is 23.2 Å². The molecule has 0 amide bonds. The van der Waals surface area contributed by atoms with Gasteiger partial charge in [-0.25, -0.2) is 4.98 Å². The Hall–Kier alpha value is -1.61. The molecule has 1 heterocycles. The molecule has 0 aliphatic carbocycles. The normalized spacial score (nSPS) is 12.6. The monoisotopic (exact) mass is 316 g/mol. The molecule has 0 bridgehead atoms. The summed E-state index contributed by atoms with van der Waals surface area (Å²) in [6.07, 6.45) is 0. The van der Waals surface area contributed by atoms with Gasteiger partial charge in [-0.3, -0.25) is 0 Å². The van der Waals surface area contributed by atoms with Gasteiger partial charge in [-0.1, -0.05) is 53.5 Å². The molecule has 21 heavy (non-hydrogen) atoms. The number of pyridine rings is 1. The minimum Gasteiger partial charge on any atom is -0.324 e. The molecule has 0 aliphatic heterocycles. The van der Waals surface area contributed by atoms with Crippen LogP contribution in [0.3, 0.4) is 0 Å². The lowest BCUT2D eigenvalue weighted by molar-refractivity contribution is 0.817. The summed E-state index contributed by atoms with van der Waals surface area (Å²) in [5, 5.41) is 2.25. The highest BCUT2D eigenvalue weighted by atomic mass is 35.5. The highest BCUT2D eigenvalue weighted by Gasteiger charge is 2.15. The third-order valence-electron chi connectivity index (χ3n) is 3.45. The van der Waals surface area contributed by atoms with E-state index in [9.17, 15) is 0 Å². The van der Waals surface area contributed by atoms with Crippen LogP contribution in [0, 0.1) is 0 Å². The molecule has 0 aliphatic rings. The van der Waals surface area contributed by atoms with Crippen molar-refractivity contribution in [1.82, 2.24) is 4.98 Å². The zero-order valence-corrected chi connectivity index (χ0v) is 13.0. The molecule has 1 aromatic heterocycles. The van der Waals surface area contributed by atoms with Crippen molar-refractivity contribution in [3.8, 4) is 11.3 Å². The molecule has 3 rings (SSSR count). The average molecular weight is 317 g/mol. The van der Waals surface area contributed by atoms with Crippen LogP contribution in [0.2, 0.25) is 10.0 Å². The first kappa shape index (κ1) is 14.3. The van der Waals surface area contributed by atoms with Crippen molar-refractivity contribution in [1.29, 1.82) is 0 Å². The first-order chi connectivity index (χ1) is 10.1. The summed E-state index contributed by atoms with van der Waals surface area (Å²) in [7, 11) is 0. The van der Waals surface area contributed by atoms with Crippen molar-refractivity contribution in [3.05, 3.63) is 64.1 Å². The van der Waals surface area contributed by atoms with Gasteiger partial charge in [-0.2, -0.15) is 0 Å². The summed E-state index contributed by atoms with van der Waals surface area (Å²) >= 11 is 12.6. The second kappa shape index (κ2) is 5.64. The van der Waals surface area contributed by atoms with E-state index in [2.05, 4.69) is 0 Å². The van der Waals surface area contributed by atoms with E-state index in [0.717, 1.165) is 27.7 Å². The molecule has 1 atom stereocenters. The van der Waals surface area contributed by atoms with E-state index < -0.39 is 0 Å². The van der Waals surface area contributed by atoms with Crippen LogP contribution in [0.1, 0.15) is 18.5 Å². The van der Waals surface area contributed by atoms with E-state index in [1.54, 1.807) is 0 Å². The van der Waals surface area contributed by atoms with Gasteiger partial charge in [0.1, 0.15) is 0 Å². The Kier molecular flexibility index (Phi) is 3.85. The van der Waals surface area contributed by atoms with E-state index in [-0.39, 0.29) is 6.04 Å². The van der Waals surface area contributed by atoms with Gasteiger partial charge < -0.3 is 5.73 Å². The predicted octanol–water partition coefficient (Wildman–Crippen LogP) is 5.23. The Bertz CT molecular complexity index is 813. The maximum absolute atomic E-state index is 6.31. The largest absolute Gasteiger partial charge is 0.324 e. The number of fused-ring (bicyclic) bond motifs is 1. The zero-order valence-electron chi connectivity index (χ0n) is 11.5. The molecule has 0 saturated heterocycles. The number of aromatic nitrogens is 1. The maximum Gasteiger partial charge on any atom is 0.0895 e. The van der Waals surface area contributed by atoms with E-state index >= 15 is 0 Å². The SMILES string of the molecule is CC(N)c1cc2cccc(Cl)c2nc1-c1ccccc1Cl. The number of halogens is 2. The van der Waals surface area contributed by atoms with Crippen LogP contribution in [-0.2, 0) is 0 Å². The topological polar surface area (TPSA) is 38.9 Å². The Labute approximate surface area is 133 Å². The minimum absolute atomic E-state index is 0.146. The number of nitrogens with zero attached hydrogens (tertiary/aromatic N) is 1. The van der Waals surface area contributed by atoms with Crippen LogP contribution in [0.4, 0.5) is 0 Å².